The lowest BCUT2D eigenvalue weighted by Gasteiger charge is -2.07. The van der Waals surface area contributed by atoms with Crippen LogP contribution in [-0.2, 0) is 0 Å². The number of nitrogens with zero attached hydrogens (tertiary/aromatic N) is 3. The fraction of sp³-hybridized carbons (Fsp3) is 0. The highest BCUT2D eigenvalue weighted by Crippen LogP contribution is 2.23. The largest absolute Gasteiger partial charge is 0.478 e. The number of carbonyl (C=O) groups is 2. The van der Waals surface area contributed by atoms with E-state index in [2.05, 4.69) is 10.3 Å². The minimum atomic E-state index is -1.29. The number of carboxylic acid groups (broad SMARTS) is 1. The number of hydrogen-bond acceptors (Lipinski definition) is 6. The van der Waals surface area contributed by atoms with E-state index < -0.39 is 11.9 Å². The van der Waals surface area contributed by atoms with Crippen molar-refractivity contribution in [2.45, 2.75) is 0 Å². The van der Waals surface area contributed by atoms with E-state index in [0.717, 1.165) is 6.07 Å². The zero-order valence-corrected chi connectivity index (χ0v) is 13.6. The van der Waals surface area contributed by atoms with E-state index in [-0.39, 0.29) is 28.5 Å². The van der Waals surface area contributed by atoms with Crippen LogP contribution in [0.5, 0.6) is 0 Å². The van der Waals surface area contributed by atoms with Gasteiger partial charge in [0.25, 0.3) is 5.89 Å². The van der Waals surface area contributed by atoms with Crippen molar-refractivity contribution in [2.24, 2.45) is 0 Å². The first-order valence-corrected chi connectivity index (χ1v) is 7.57. The molecule has 1 amide bonds. The number of hydrogen-bond donors (Lipinski definition) is 2. The van der Waals surface area contributed by atoms with Crippen LogP contribution in [0.3, 0.4) is 0 Å². The molecule has 0 aliphatic carbocycles. The van der Waals surface area contributed by atoms with Crippen molar-refractivity contribution in [1.82, 2.24) is 4.98 Å². The van der Waals surface area contributed by atoms with Crippen molar-refractivity contribution in [1.29, 1.82) is 10.5 Å². The summed E-state index contributed by atoms with van der Waals surface area (Å²) in [7, 11) is 0. The van der Waals surface area contributed by atoms with E-state index in [1.807, 2.05) is 12.1 Å². The van der Waals surface area contributed by atoms with Gasteiger partial charge in [0.2, 0.25) is 0 Å². The minimum Gasteiger partial charge on any atom is -0.478 e. The second-order valence-electron chi connectivity index (χ2n) is 5.35. The fourth-order valence-corrected chi connectivity index (χ4v) is 2.33. The van der Waals surface area contributed by atoms with Gasteiger partial charge in [0.1, 0.15) is 0 Å². The predicted octanol–water partition coefficient (Wildman–Crippen LogP) is 3.04. The molecule has 0 bridgehead atoms. The number of carbonyl (C=O) groups excluding carboxylic acids is 1. The number of nitriles is 2. The number of aromatic carboxylic acids is 1. The zero-order chi connectivity index (χ0) is 19.4. The van der Waals surface area contributed by atoms with Gasteiger partial charge in [0.15, 0.2) is 5.76 Å². The summed E-state index contributed by atoms with van der Waals surface area (Å²) in [6, 6.07) is 14.3. The molecule has 0 fully saturated rings. The summed E-state index contributed by atoms with van der Waals surface area (Å²) < 4.78 is 5.42. The third kappa shape index (κ3) is 3.65. The van der Waals surface area contributed by atoms with Crippen LogP contribution >= 0.6 is 0 Å². The van der Waals surface area contributed by atoms with Crippen LogP contribution in [-0.4, -0.2) is 22.0 Å². The molecule has 1 aromatic heterocycles. The first kappa shape index (κ1) is 17.4. The molecule has 0 spiro atoms. The molecular formula is C19H10N4O4. The second kappa shape index (κ2) is 7.21. The van der Waals surface area contributed by atoms with Crippen molar-refractivity contribution >= 4 is 17.6 Å². The molecule has 8 heteroatoms. The molecule has 130 valence electrons. The lowest BCUT2D eigenvalue weighted by atomic mass is 10.1. The third-order valence-electron chi connectivity index (χ3n) is 3.60. The van der Waals surface area contributed by atoms with Crippen LogP contribution in [0.15, 0.2) is 53.1 Å². The summed E-state index contributed by atoms with van der Waals surface area (Å²) in [5.74, 6) is -2.02. The van der Waals surface area contributed by atoms with E-state index in [4.69, 9.17) is 14.9 Å². The van der Waals surface area contributed by atoms with E-state index in [1.54, 1.807) is 24.3 Å². The summed E-state index contributed by atoms with van der Waals surface area (Å²) >= 11 is 0. The van der Waals surface area contributed by atoms with E-state index in [9.17, 15) is 14.7 Å². The SMILES string of the molecule is N#Cc1cccc(-c2cnc(C(=O)Nc3ccc(C#N)cc3C(=O)O)o2)c1. The first-order valence-electron chi connectivity index (χ1n) is 7.57. The average Bonchev–Trinajstić information content (AvgIpc) is 3.18. The van der Waals surface area contributed by atoms with Crippen molar-refractivity contribution in [3.63, 3.8) is 0 Å². The highest BCUT2D eigenvalue weighted by molar-refractivity contribution is 6.05. The molecule has 27 heavy (non-hydrogen) atoms. The summed E-state index contributed by atoms with van der Waals surface area (Å²) in [4.78, 5) is 27.6. The molecule has 0 saturated carbocycles. The molecular weight excluding hydrogens is 348 g/mol. The number of aromatic nitrogens is 1. The van der Waals surface area contributed by atoms with E-state index >= 15 is 0 Å². The van der Waals surface area contributed by atoms with Gasteiger partial charge in [-0.2, -0.15) is 10.5 Å². The quantitative estimate of drug-likeness (QED) is 0.730. The lowest BCUT2D eigenvalue weighted by molar-refractivity contribution is 0.0698. The van der Waals surface area contributed by atoms with E-state index in [1.165, 1.54) is 18.3 Å². The summed E-state index contributed by atoms with van der Waals surface area (Å²) in [5.41, 5.74) is 0.943. The van der Waals surface area contributed by atoms with E-state index in [0.29, 0.717) is 11.1 Å². The molecule has 0 aliphatic heterocycles. The maximum absolute atomic E-state index is 12.3. The minimum absolute atomic E-state index is 0.0118. The van der Waals surface area contributed by atoms with Crippen LogP contribution in [0.25, 0.3) is 11.3 Å². The number of benzene rings is 2. The Hall–Kier alpha value is -4.43. The van der Waals surface area contributed by atoms with Crippen molar-refractivity contribution in [2.75, 3.05) is 5.32 Å². The van der Waals surface area contributed by atoms with Gasteiger partial charge >= 0.3 is 11.9 Å². The smallest absolute Gasteiger partial charge is 0.337 e. The van der Waals surface area contributed by atoms with Crippen LogP contribution in [0.4, 0.5) is 5.69 Å². The molecule has 0 aliphatic rings. The highest BCUT2D eigenvalue weighted by Gasteiger charge is 2.18. The topological polar surface area (TPSA) is 140 Å². The number of nitrogens with one attached hydrogen (secondary N) is 1. The maximum atomic E-state index is 12.3. The Morgan fingerprint density at radius 3 is 2.52 bits per heavy atom. The van der Waals surface area contributed by atoms with Gasteiger partial charge < -0.3 is 14.8 Å². The van der Waals surface area contributed by atoms with Gasteiger partial charge in [-0.3, -0.25) is 4.79 Å². The third-order valence-corrected chi connectivity index (χ3v) is 3.60. The Labute approximate surface area is 152 Å². The number of carboxylic acids is 1. The lowest BCUT2D eigenvalue weighted by Crippen LogP contribution is -2.15. The van der Waals surface area contributed by atoms with Crippen molar-refractivity contribution in [3.05, 3.63) is 71.2 Å². The summed E-state index contributed by atoms with van der Waals surface area (Å²) in [5, 5.41) is 29.5. The molecule has 1 heterocycles. The first-order chi connectivity index (χ1) is 13.0. The molecule has 0 radical (unpaired) electrons. The number of oxazole rings is 1. The van der Waals surface area contributed by atoms with Gasteiger partial charge in [-0.1, -0.05) is 12.1 Å². The highest BCUT2D eigenvalue weighted by atomic mass is 16.4. The molecule has 3 rings (SSSR count). The summed E-state index contributed by atoms with van der Waals surface area (Å²) in [6.45, 7) is 0. The normalized spacial score (nSPS) is 9.85. The molecule has 8 nitrogen and oxygen atoms in total. The molecule has 3 aromatic rings. The fourth-order valence-electron chi connectivity index (χ4n) is 2.33. The van der Waals surface area contributed by atoms with Crippen molar-refractivity contribution < 1.29 is 19.1 Å². The Bertz CT molecular complexity index is 1140. The number of rotatable bonds is 4. The van der Waals surface area contributed by atoms with Gasteiger partial charge in [-0.05, 0) is 30.3 Å². The predicted molar refractivity (Wildman–Crippen MR) is 92.7 cm³/mol. The number of amides is 1. The van der Waals surface area contributed by atoms with Gasteiger partial charge in [0.05, 0.1) is 40.7 Å². The average molecular weight is 358 g/mol. The monoisotopic (exact) mass is 358 g/mol. The van der Waals surface area contributed by atoms with Gasteiger partial charge in [-0.25, -0.2) is 9.78 Å². The Kier molecular flexibility index (Phi) is 4.65. The van der Waals surface area contributed by atoms with Crippen LogP contribution in [0.2, 0.25) is 0 Å². The molecule has 0 unspecified atom stereocenters. The standard InChI is InChI=1S/C19H10N4O4/c20-8-11-2-1-3-13(6-11)16-10-22-18(27-16)17(24)23-15-5-4-12(9-21)7-14(15)19(25)26/h1-7,10H,(H,23,24)(H,25,26). The molecule has 0 saturated heterocycles. The van der Waals surface area contributed by atoms with Crippen LogP contribution in [0, 0.1) is 22.7 Å². The molecule has 2 aromatic carbocycles. The summed E-state index contributed by atoms with van der Waals surface area (Å²) in [6.07, 6.45) is 1.34. The van der Waals surface area contributed by atoms with Crippen LogP contribution in [0.1, 0.15) is 32.2 Å². The number of anilines is 1. The Morgan fingerprint density at radius 2 is 1.81 bits per heavy atom. The molecule has 0 atom stereocenters. The zero-order valence-electron chi connectivity index (χ0n) is 13.6. The Balaban J connectivity index is 1.86. The Morgan fingerprint density at radius 1 is 1.07 bits per heavy atom. The second-order valence-corrected chi connectivity index (χ2v) is 5.35. The van der Waals surface area contributed by atoms with Crippen molar-refractivity contribution in [3.8, 4) is 23.5 Å². The molecule has 2 N–H and O–H groups in total. The van der Waals surface area contributed by atoms with Crippen LogP contribution < -0.4 is 5.32 Å². The van der Waals surface area contributed by atoms with Gasteiger partial charge in [0, 0.05) is 5.56 Å². The van der Waals surface area contributed by atoms with Gasteiger partial charge in [-0.15, -0.1) is 0 Å². The maximum Gasteiger partial charge on any atom is 0.337 e.